The molecule has 0 aliphatic carbocycles. The molecule has 2 unspecified atom stereocenters. The number of rotatable bonds is 7. The molecule has 2 atom stereocenters. The lowest BCUT2D eigenvalue weighted by Crippen LogP contribution is -2.48. The van der Waals surface area contributed by atoms with Gasteiger partial charge in [0.05, 0.1) is 30.2 Å². The number of nitrogens with zero attached hydrogens (tertiary/aromatic N) is 3. The molecule has 2 aromatic carbocycles. The predicted octanol–water partition coefficient (Wildman–Crippen LogP) is 4.34. The van der Waals surface area contributed by atoms with Crippen LogP contribution in [0.25, 0.3) is 22.0 Å². The molecule has 8 heteroatoms. The summed E-state index contributed by atoms with van der Waals surface area (Å²) in [6, 6.07) is 16.7. The number of nitrogen functional groups attached to an aromatic ring is 1. The summed E-state index contributed by atoms with van der Waals surface area (Å²) in [5, 5.41) is 17.5. The van der Waals surface area contributed by atoms with Gasteiger partial charge < -0.3 is 26.0 Å². The fourth-order valence-corrected chi connectivity index (χ4v) is 5.64. The molecule has 2 aliphatic rings. The Morgan fingerprint density at radius 3 is 2.65 bits per heavy atom. The van der Waals surface area contributed by atoms with E-state index in [2.05, 4.69) is 40.2 Å². The molecule has 2 bridgehead atoms. The van der Waals surface area contributed by atoms with Crippen molar-refractivity contribution in [2.45, 2.75) is 43.8 Å². The van der Waals surface area contributed by atoms with Gasteiger partial charge in [0.25, 0.3) is 5.91 Å². The average molecular weight is 497 g/mol. The molecule has 4 N–H and O–H groups in total. The maximum absolute atomic E-state index is 13.2. The monoisotopic (exact) mass is 496 g/mol. The van der Waals surface area contributed by atoms with Crippen LogP contribution < -0.4 is 21.1 Å². The molecule has 0 saturated carbocycles. The van der Waals surface area contributed by atoms with Crippen LogP contribution in [0.1, 0.15) is 36.2 Å². The number of aromatic nitrogens is 1. The van der Waals surface area contributed by atoms with Gasteiger partial charge in [-0.3, -0.25) is 4.79 Å². The Hall–Kier alpha value is -4.09. The van der Waals surface area contributed by atoms with Gasteiger partial charge >= 0.3 is 0 Å². The summed E-state index contributed by atoms with van der Waals surface area (Å²) in [5.74, 6) is 0.431. The van der Waals surface area contributed by atoms with Gasteiger partial charge in [0.2, 0.25) is 0 Å². The standard InChI is InChI=1S/C29H32N6O2/c1-17(15-30)16-32-27-23-12-19(5-4-18(23)6-11-26(27)37-3)25-10-9-24(31)28(34-25)29(36)33-20-13-21-7-8-22(14-20)35(21)2/h4-6,9-12,20-22,32H,1,7-8,13-14,16,31H2,2-3H3,(H,33,36). The fraction of sp³-hybridized carbons (Fsp3) is 0.345. The maximum Gasteiger partial charge on any atom is 0.272 e. The molecule has 1 amide bonds. The number of nitrogens with one attached hydrogen (secondary N) is 2. The van der Waals surface area contributed by atoms with Crippen LogP contribution in [0.2, 0.25) is 0 Å². The summed E-state index contributed by atoms with van der Waals surface area (Å²) in [7, 11) is 3.79. The molecule has 2 aliphatic heterocycles. The molecular weight excluding hydrogens is 464 g/mol. The second-order valence-corrected chi connectivity index (χ2v) is 9.97. The van der Waals surface area contributed by atoms with Crippen molar-refractivity contribution >= 4 is 28.1 Å². The van der Waals surface area contributed by atoms with E-state index >= 15 is 0 Å². The third-order valence-corrected chi connectivity index (χ3v) is 7.71. The van der Waals surface area contributed by atoms with Crippen molar-refractivity contribution in [3.63, 3.8) is 0 Å². The molecule has 0 radical (unpaired) electrons. The minimum atomic E-state index is -0.229. The first-order chi connectivity index (χ1) is 17.9. The number of ether oxygens (including phenoxy) is 1. The minimum absolute atomic E-state index is 0.135. The number of hydrogen-bond donors (Lipinski definition) is 3. The van der Waals surface area contributed by atoms with Crippen LogP contribution in [-0.2, 0) is 0 Å². The summed E-state index contributed by atoms with van der Waals surface area (Å²) in [6.45, 7) is 4.06. The number of nitrogens with two attached hydrogens (primary N) is 1. The Bertz CT molecular complexity index is 1400. The lowest BCUT2D eigenvalue weighted by molar-refractivity contribution is 0.0878. The number of benzene rings is 2. The number of methoxy groups -OCH3 is 1. The Balaban J connectivity index is 1.44. The van der Waals surface area contributed by atoms with Crippen molar-refractivity contribution in [3.05, 3.63) is 60.3 Å². The van der Waals surface area contributed by atoms with Crippen molar-refractivity contribution in [1.29, 1.82) is 5.26 Å². The molecule has 1 aromatic heterocycles. The second-order valence-electron chi connectivity index (χ2n) is 9.97. The van der Waals surface area contributed by atoms with E-state index in [0.29, 0.717) is 41.3 Å². The van der Waals surface area contributed by atoms with Crippen LogP contribution in [0, 0.1) is 11.3 Å². The summed E-state index contributed by atoms with van der Waals surface area (Å²) in [6.07, 6.45) is 4.30. The van der Waals surface area contributed by atoms with E-state index in [-0.39, 0.29) is 17.6 Å². The van der Waals surface area contributed by atoms with E-state index in [0.717, 1.165) is 34.9 Å². The Morgan fingerprint density at radius 2 is 1.95 bits per heavy atom. The summed E-state index contributed by atoms with van der Waals surface area (Å²) < 4.78 is 5.57. The van der Waals surface area contributed by atoms with E-state index in [4.69, 9.17) is 15.7 Å². The molecule has 5 rings (SSSR count). The largest absolute Gasteiger partial charge is 0.495 e. The molecule has 3 aromatic rings. The number of anilines is 2. The number of hydrogen-bond acceptors (Lipinski definition) is 7. The highest BCUT2D eigenvalue weighted by Crippen LogP contribution is 2.36. The zero-order valence-corrected chi connectivity index (χ0v) is 21.3. The quantitative estimate of drug-likeness (QED) is 0.417. The summed E-state index contributed by atoms with van der Waals surface area (Å²) in [5.41, 5.74) is 9.49. The summed E-state index contributed by atoms with van der Waals surface area (Å²) >= 11 is 0. The van der Waals surface area contributed by atoms with E-state index in [1.165, 1.54) is 12.8 Å². The zero-order chi connectivity index (χ0) is 26.1. The van der Waals surface area contributed by atoms with Crippen molar-refractivity contribution in [1.82, 2.24) is 15.2 Å². The average Bonchev–Trinajstić information content (AvgIpc) is 3.11. The lowest BCUT2D eigenvalue weighted by atomic mass is 9.98. The highest BCUT2D eigenvalue weighted by atomic mass is 16.5. The van der Waals surface area contributed by atoms with Crippen LogP contribution in [0.5, 0.6) is 5.75 Å². The second kappa shape index (κ2) is 10.1. The minimum Gasteiger partial charge on any atom is -0.495 e. The number of pyridine rings is 1. The number of fused-ring (bicyclic) bond motifs is 3. The maximum atomic E-state index is 13.2. The van der Waals surface area contributed by atoms with Crippen molar-refractivity contribution in [2.24, 2.45) is 0 Å². The van der Waals surface area contributed by atoms with Gasteiger partial charge in [-0.05, 0) is 62.4 Å². The van der Waals surface area contributed by atoms with E-state index in [9.17, 15) is 4.79 Å². The first-order valence-electron chi connectivity index (χ1n) is 12.6. The van der Waals surface area contributed by atoms with Gasteiger partial charge in [-0.1, -0.05) is 24.8 Å². The Labute approximate surface area is 217 Å². The zero-order valence-electron chi connectivity index (χ0n) is 21.3. The van der Waals surface area contributed by atoms with Crippen molar-refractivity contribution in [2.75, 3.05) is 31.8 Å². The predicted molar refractivity (Wildman–Crippen MR) is 146 cm³/mol. The first kappa shape index (κ1) is 24.6. The van der Waals surface area contributed by atoms with Crippen molar-refractivity contribution < 1.29 is 9.53 Å². The summed E-state index contributed by atoms with van der Waals surface area (Å²) in [4.78, 5) is 20.4. The van der Waals surface area contributed by atoms with Gasteiger partial charge in [-0.25, -0.2) is 4.98 Å². The van der Waals surface area contributed by atoms with Crippen LogP contribution >= 0.6 is 0 Å². The number of carbonyl (C=O) groups excluding carboxylic acids is 1. The van der Waals surface area contributed by atoms with Crippen molar-refractivity contribution in [3.8, 4) is 23.1 Å². The molecule has 2 saturated heterocycles. The van der Waals surface area contributed by atoms with Crippen LogP contribution in [0.15, 0.2) is 54.6 Å². The topological polar surface area (TPSA) is 116 Å². The van der Waals surface area contributed by atoms with E-state index < -0.39 is 0 Å². The molecular formula is C29H32N6O2. The Morgan fingerprint density at radius 1 is 1.22 bits per heavy atom. The first-order valence-corrected chi connectivity index (χ1v) is 12.6. The van der Waals surface area contributed by atoms with Gasteiger partial charge in [-0.15, -0.1) is 0 Å². The Kier molecular flexibility index (Phi) is 6.72. The number of amides is 1. The van der Waals surface area contributed by atoms with Gasteiger partial charge in [0, 0.05) is 41.2 Å². The molecule has 190 valence electrons. The normalized spacial score (nSPS) is 20.8. The molecule has 3 heterocycles. The SMILES string of the molecule is C=C(C#N)CNc1c(OC)ccc2ccc(-c3ccc(N)c(C(=O)NC4CC5CCC(C4)N5C)n3)cc12. The third-order valence-electron chi connectivity index (χ3n) is 7.71. The van der Waals surface area contributed by atoms with Crippen LogP contribution in [-0.4, -0.2) is 54.6 Å². The van der Waals surface area contributed by atoms with E-state index in [1.807, 2.05) is 36.4 Å². The van der Waals surface area contributed by atoms with E-state index in [1.54, 1.807) is 13.2 Å². The molecule has 37 heavy (non-hydrogen) atoms. The number of piperidine rings is 1. The van der Waals surface area contributed by atoms with Gasteiger partial charge in [0.15, 0.2) is 5.69 Å². The third kappa shape index (κ3) is 4.83. The lowest BCUT2D eigenvalue weighted by Gasteiger charge is -2.36. The fourth-order valence-electron chi connectivity index (χ4n) is 5.64. The molecule has 8 nitrogen and oxygen atoms in total. The van der Waals surface area contributed by atoms with Crippen LogP contribution in [0.3, 0.4) is 0 Å². The smallest absolute Gasteiger partial charge is 0.272 e. The van der Waals surface area contributed by atoms with Gasteiger partial charge in [0.1, 0.15) is 5.75 Å². The molecule has 2 fully saturated rings. The van der Waals surface area contributed by atoms with Crippen LogP contribution in [0.4, 0.5) is 11.4 Å². The highest BCUT2D eigenvalue weighted by Gasteiger charge is 2.39. The highest BCUT2D eigenvalue weighted by molar-refractivity contribution is 6.00. The number of carbonyl (C=O) groups is 1. The number of nitriles is 1. The van der Waals surface area contributed by atoms with Gasteiger partial charge in [-0.2, -0.15) is 5.26 Å². The molecule has 0 spiro atoms.